The molecule has 0 atom stereocenters. The number of fused-ring (bicyclic) bond motifs is 1. The fourth-order valence-electron chi connectivity index (χ4n) is 5.73. The van der Waals surface area contributed by atoms with Gasteiger partial charge in [0, 0.05) is 5.56 Å². The van der Waals surface area contributed by atoms with Gasteiger partial charge in [-0.2, -0.15) is 0 Å². The molecule has 1 aromatic rings. The molecular formula is C32H44O2. The van der Waals surface area contributed by atoms with Gasteiger partial charge >= 0.3 is 0 Å². The molecule has 2 heteroatoms. The molecule has 0 fully saturated rings. The zero-order chi connectivity index (χ0) is 25.7. The van der Waals surface area contributed by atoms with E-state index in [1.165, 1.54) is 22.3 Å². The number of carbonyl (C=O) groups excluding carboxylic acids is 2. The van der Waals surface area contributed by atoms with Crippen molar-refractivity contribution in [2.24, 2.45) is 10.8 Å². The third-order valence-corrected chi connectivity index (χ3v) is 8.62. The van der Waals surface area contributed by atoms with E-state index in [1.54, 1.807) is 0 Å². The minimum absolute atomic E-state index is 0.0263. The molecule has 2 nitrogen and oxygen atoms in total. The average Bonchev–Trinajstić information content (AvgIpc) is 2.74. The third-order valence-electron chi connectivity index (χ3n) is 8.62. The Labute approximate surface area is 207 Å². The lowest BCUT2D eigenvalue weighted by Crippen LogP contribution is -2.34. The molecule has 0 unspecified atom stereocenters. The second-order valence-electron chi connectivity index (χ2n) is 13.2. The highest BCUT2D eigenvalue weighted by Crippen LogP contribution is 2.50. The van der Waals surface area contributed by atoms with Crippen LogP contribution in [0.15, 0.2) is 53.6 Å². The van der Waals surface area contributed by atoms with Crippen LogP contribution in [-0.4, -0.2) is 11.6 Å². The van der Waals surface area contributed by atoms with E-state index in [-0.39, 0.29) is 39.6 Å². The first kappa shape index (κ1) is 26.4. The predicted molar refractivity (Wildman–Crippen MR) is 143 cm³/mol. The van der Waals surface area contributed by atoms with Gasteiger partial charge in [-0.1, -0.05) is 86.3 Å². The van der Waals surface area contributed by atoms with Gasteiger partial charge in [0.15, 0.2) is 11.6 Å². The van der Waals surface area contributed by atoms with Gasteiger partial charge in [0.2, 0.25) is 0 Å². The van der Waals surface area contributed by atoms with Crippen LogP contribution in [0.3, 0.4) is 0 Å². The highest BCUT2D eigenvalue weighted by Gasteiger charge is 2.38. The Kier molecular flexibility index (Phi) is 6.81. The highest BCUT2D eigenvalue weighted by atomic mass is 16.1. The maximum Gasteiger partial charge on any atom is 0.170 e. The van der Waals surface area contributed by atoms with Crippen molar-refractivity contribution in [2.75, 3.05) is 0 Å². The number of Topliss-reactive ketones (excluding diaryl/α,β-unsaturated/α-hetero) is 2. The van der Waals surface area contributed by atoms with E-state index in [0.717, 1.165) is 25.7 Å². The summed E-state index contributed by atoms with van der Waals surface area (Å²) in [6.45, 7) is 23.9. The summed E-state index contributed by atoms with van der Waals surface area (Å²) in [5.74, 6) is -0.196. The summed E-state index contributed by atoms with van der Waals surface area (Å²) in [5, 5.41) is 0. The number of benzene rings is 1. The number of ketones is 2. The van der Waals surface area contributed by atoms with Gasteiger partial charge in [-0.25, -0.2) is 0 Å². The van der Waals surface area contributed by atoms with E-state index in [2.05, 4.69) is 74.1 Å². The van der Waals surface area contributed by atoms with Crippen molar-refractivity contribution >= 4 is 11.6 Å². The van der Waals surface area contributed by atoms with E-state index < -0.39 is 0 Å². The summed E-state index contributed by atoms with van der Waals surface area (Å²) in [5.41, 5.74) is 6.41. The molecule has 0 bridgehead atoms. The van der Waals surface area contributed by atoms with Gasteiger partial charge in [-0.3, -0.25) is 9.59 Å². The lowest BCUT2D eigenvalue weighted by Gasteiger charge is -2.42. The Balaban J connectivity index is 1.89. The maximum absolute atomic E-state index is 13.2. The van der Waals surface area contributed by atoms with E-state index in [0.29, 0.717) is 11.1 Å². The van der Waals surface area contributed by atoms with Crippen LogP contribution in [0.5, 0.6) is 0 Å². The standard InChI is InChI=1S/C32H44O2/c1-11-23-25(31(7,8)16-14-29(23,3)4)18-21(2)27(33)20-28(34)22-12-13-24-26(19-22)32(9,10)17-15-30(24,5)6/h11-13,18-19H,1,14-17,20H2,2-10H3/b21-18+. The Morgan fingerprint density at radius 1 is 0.794 bits per heavy atom. The molecule has 0 radical (unpaired) electrons. The van der Waals surface area contributed by atoms with E-state index in [4.69, 9.17) is 0 Å². The fraction of sp³-hybridized carbons (Fsp3) is 0.562. The van der Waals surface area contributed by atoms with Crippen LogP contribution in [0, 0.1) is 10.8 Å². The first-order valence-corrected chi connectivity index (χ1v) is 12.8. The van der Waals surface area contributed by atoms with Crippen LogP contribution in [0.25, 0.3) is 0 Å². The number of hydrogen-bond acceptors (Lipinski definition) is 2. The van der Waals surface area contributed by atoms with E-state index in [9.17, 15) is 9.59 Å². The van der Waals surface area contributed by atoms with E-state index in [1.807, 2.05) is 25.1 Å². The van der Waals surface area contributed by atoms with Crippen molar-refractivity contribution in [2.45, 2.75) is 105 Å². The molecule has 3 rings (SSSR count). The smallest absolute Gasteiger partial charge is 0.170 e. The van der Waals surface area contributed by atoms with Gasteiger partial charge in [0.05, 0.1) is 6.42 Å². The molecule has 0 aromatic heterocycles. The zero-order valence-electron chi connectivity index (χ0n) is 22.9. The SMILES string of the molecule is C=CC1=C(/C=C(\C)C(=O)CC(=O)c2ccc3c(c2)C(C)(C)CCC3(C)C)C(C)(C)CCC1(C)C. The molecule has 0 heterocycles. The monoisotopic (exact) mass is 460 g/mol. The zero-order valence-corrected chi connectivity index (χ0v) is 22.9. The second kappa shape index (κ2) is 8.77. The predicted octanol–water partition coefficient (Wildman–Crippen LogP) is 8.45. The second-order valence-corrected chi connectivity index (χ2v) is 13.2. The van der Waals surface area contributed by atoms with Crippen LogP contribution in [0.2, 0.25) is 0 Å². The molecule has 0 N–H and O–H groups in total. The number of carbonyl (C=O) groups is 2. The van der Waals surface area contributed by atoms with Gasteiger partial charge in [-0.15, -0.1) is 0 Å². The molecule has 0 saturated carbocycles. The number of allylic oxidation sites excluding steroid dienone is 5. The summed E-state index contributed by atoms with van der Waals surface area (Å²) < 4.78 is 0. The third kappa shape index (κ3) is 4.92. The molecule has 2 aliphatic rings. The van der Waals surface area contributed by atoms with E-state index >= 15 is 0 Å². The van der Waals surface area contributed by atoms with Crippen molar-refractivity contribution in [3.05, 3.63) is 70.3 Å². The van der Waals surface area contributed by atoms with Gasteiger partial charge < -0.3 is 0 Å². The van der Waals surface area contributed by atoms with Crippen molar-refractivity contribution in [1.82, 2.24) is 0 Å². The lowest BCUT2D eigenvalue weighted by molar-refractivity contribution is -0.114. The van der Waals surface area contributed by atoms with Crippen LogP contribution >= 0.6 is 0 Å². The number of rotatable bonds is 6. The first-order chi connectivity index (χ1) is 15.5. The molecule has 0 aliphatic heterocycles. The summed E-state index contributed by atoms with van der Waals surface area (Å²) in [6, 6.07) is 6.09. The van der Waals surface area contributed by atoms with Gasteiger partial charge in [0.25, 0.3) is 0 Å². The first-order valence-electron chi connectivity index (χ1n) is 12.8. The largest absolute Gasteiger partial charge is 0.294 e. The topological polar surface area (TPSA) is 34.1 Å². The lowest BCUT2D eigenvalue weighted by atomic mass is 9.62. The molecule has 1 aromatic carbocycles. The molecule has 2 aliphatic carbocycles. The van der Waals surface area contributed by atoms with Crippen LogP contribution in [0.1, 0.15) is 116 Å². The average molecular weight is 461 g/mol. The maximum atomic E-state index is 13.2. The van der Waals surface area contributed by atoms with Crippen LogP contribution < -0.4 is 0 Å². The Hall–Kier alpha value is -2.22. The molecular weight excluding hydrogens is 416 g/mol. The summed E-state index contributed by atoms with van der Waals surface area (Å²) >= 11 is 0. The van der Waals surface area contributed by atoms with Crippen LogP contribution in [0.4, 0.5) is 0 Å². The van der Waals surface area contributed by atoms with Crippen molar-refractivity contribution in [3.8, 4) is 0 Å². The minimum Gasteiger partial charge on any atom is -0.294 e. The quantitative estimate of drug-likeness (QED) is 0.242. The highest BCUT2D eigenvalue weighted by molar-refractivity contribution is 6.13. The summed E-state index contributed by atoms with van der Waals surface area (Å²) in [7, 11) is 0. The molecule has 0 spiro atoms. The Morgan fingerprint density at radius 3 is 1.85 bits per heavy atom. The Bertz CT molecular complexity index is 1090. The van der Waals surface area contributed by atoms with Gasteiger partial charge in [0.1, 0.15) is 0 Å². The van der Waals surface area contributed by atoms with Crippen molar-refractivity contribution in [3.63, 3.8) is 0 Å². The summed E-state index contributed by atoms with van der Waals surface area (Å²) in [6.07, 6.45) is 8.26. The Morgan fingerprint density at radius 2 is 1.29 bits per heavy atom. The molecule has 184 valence electrons. The van der Waals surface area contributed by atoms with Crippen molar-refractivity contribution < 1.29 is 9.59 Å². The molecule has 0 amide bonds. The fourth-order valence-corrected chi connectivity index (χ4v) is 5.73. The number of hydrogen-bond donors (Lipinski definition) is 0. The molecule has 0 saturated heterocycles. The minimum atomic E-state index is -0.0996. The summed E-state index contributed by atoms with van der Waals surface area (Å²) in [4.78, 5) is 26.3. The normalized spacial score (nSPS) is 22.7. The molecule has 34 heavy (non-hydrogen) atoms. The van der Waals surface area contributed by atoms with Crippen LogP contribution in [-0.2, 0) is 15.6 Å². The van der Waals surface area contributed by atoms with Gasteiger partial charge in [-0.05, 0) is 88.2 Å². The van der Waals surface area contributed by atoms with Crippen molar-refractivity contribution in [1.29, 1.82) is 0 Å².